The molecule has 1 aliphatic rings. The number of methoxy groups -OCH3 is 1. The van der Waals surface area contributed by atoms with Crippen molar-refractivity contribution in [1.29, 1.82) is 0 Å². The number of benzene rings is 1. The summed E-state index contributed by atoms with van der Waals surface area (Å²) in [6.07, 6.45) is 1.49. The first-order chi connectivity index (χ1) is 11.0. The number of esters is 1. The van der Waals surface area contributed by atoms with Gasteiger partial charge in [0.1, 0.15) is 28.4 Å². The van der Waals surface area contributed by atoms with E-state index < -0.39 is 23.4 Å². The van der Waals surface area contributed by atoms with Crippen LogP contribution in [0.3, 0.4) is 0 Å². The zero-order valence-corrected chi connectivity index (χ0v) is 12.1. The van der Waals surface area contributed by atoms with Crippen LogP contribution in [0, 0.1) is 0 Å². The molecule has 0 bridgehead atoms. The van der Waals surface area contributed by atoms with E-state index >= 15 is 0 Å². The van der Waals surface area contributed by atoms with Crippen molar-refractivity contribution < 1.29 is 29.3 Å². The van der Waals surface area contributed by atoms with Gasteiger partial charge in [-0.15, -0.1) is 0 Å². The third kappa shape index (κ3) is 2.30. The highest BCUT2D eigenvalue weighted by molar-refractivity contribution is 5.89. The van der Waals surface area contributed by atoms with Gasteiger partial charge in [-0.3, -0.25) is 9.59 Å². The Labute approximate surface area is 130 Å². The maximum Gasteiger partial charge on any atom is 0.316 e. The molecule has 7 heteroatoms. The number of phenols is 1. The summed E-state index contributed by atoms with van der Waals surface area (Å²) in [4.78, 5) is 24.7. The van der Waals surface area contributed by atoms with Gasteiger partial charge in [-0.25, -0.2) is 0 Å². The molecule has 7 nitrogen and oxygen atoms in total. The average molecular weight is 318 g/mol. The summed E-state index contributed by atoms with van der Waals surface area (Å²) in [5, 5.41) is 29.1. The number of aliphatic hydroxyl groups is 2. The van der Waals surface area contributed by atoms with Crippen LogP contribution in [-0.4, -0.2) is 34.5 Å². The van der Waals surface area contributed by atoms with E-state index in [1.807, 2.05) is 0 Å². The largest absolute Gasteiger partial charge is 0.507 e. The van der Waals surface area contributed by atoms with Gasteiger partial charge in [0.15, 0.2) is 0 Å². The third-order valence-corrected chi connectivity index (χ3v) is 3.83. The molecule has 1 aliphatic carbocycles. The van der Waals surface area contributed by atoms with Crippen molar-refractivity contribution in [3.8, 4) is 5.75 Å². The van der Waals surface area contributed by atoms with Gasteiger partial charge in [-0.1, -0.05) is 6.08 Å². The van der Waals surface area contributed by atoms with E-state index in [4.69, 9.17) is 4.42 Å². The molecule has 0 spiro atoms. The number of hydrogen-bond acceptors (Lipinski definition) is 7. The normalized spacial score (nSPS) is 19.6. The van der Waals surface area contributed by atoms with Crippen LogP contribution < -0.4 is 5.43 Å². The lowest BCUT2D eigenvalue weighted by molar-refractivity contribution is -0.144. The Kier molecular flexibility index (Phi) is 3.67. The van der Waals surface area contributed by atoms with Crippen molar-refractivity contribution >= 4 is 23.0 Å². The number of hydrogen-bond donors (Lipinski definition) is 3. The second-order valence-corrected chi connectivity index (χ2v) is 5.21. The number of rotatable bonds is 2. The summed E-state index contributed by atoms with van der Waals surface area (Å²) >= 11 is 0. The topological polar surface area (TPSA) is 117 Å². The van der Waals surface area contributed by atoms with Crippen LogP contribution in [-0.2, 0) is 16.1 Å². The highest BCUT2D eigenvalue weighted by Gasteiger charge is 2.36. The number of aliphatic hydroxyl groups excluding tert-OH is 2. The Bertz CT molecular complexity index is 878. The van der Waals surface area contributed by atoms with Crippen molar-refractivity contribution in [2.45, 2.75) is 18.6 Å². The van der Waals surface area contributed by atoms with E-state index in [0.717, 1.165) is 7.11 Å². The molecule has 120 valence electrons. The van der Waals surface area contributed by atoms with E-state index in [-0.39, 0.29) is 34.6 Å². The first-order valence-corrected chi connectivity index (χ1v) is 6.85. The Morgan fingerprint density at radius 3 is 2.78 bits per heavy atom. The molecular weight excluding hydrogens is 304 g/mol. The standard InChI is InChI=1S/C16H14O7/c1-22-16(21)13-8(18)2-3-10-14(13)15(20)12-9(19)4-7(6-17)5-11(12)23-10/h2-5,8,13,17-19H,6H2,1H3. The minimum absolute atomic E-state index is 0.0635. The van der Waals surface area contributed by atoms with Crippen LogP contribution in [0.25, 0.3) is 17.0 Å². The lowest BCUT2D eigenvalue weighted by atomic mass is 9.87. The summed E-state index contributed by atoms with van der Waals surface area (Å²) in [5.41, 5.74) is -0.224. The summed E-state index contributed by atoms with van der Waals surface area (Å²) in [7, 11) is 1.15. The van der Waals surface area contributed by atoms with Gasteiger partial charge in [-0.05, 0) is 23.8 Å². The number of ether oxygens (including phenoxy) is 1. The summed E-state index contributed by atoms with van der Waals surface area (Å²) in [5.74, 6) is -2.26. The summed E-state index contributed by atoms with van der Waals surface area (Å²) < 4.78 is 10.2. The highest BCUT2D eigenvalue weighted by atomic mass is 16.5. The molecule has 3 rings (SSSR count). The average Bonchev–Trinajstić information content (AvgIpc) is 2.54. The molecule has 1 aromatic carbocycles. The predicted octanol–water partition coefficient (Wildman–Crippen LogP) is 0.635. The van der Waals surface area contributed by atoms with E-state index in [9.17, 15) is 24.9 Å². The Morgan fingerprint density at radius 2 is 2.13 bits per heavy atom. The quantitative estimate of drug-likeness (QED) is 0.695. The number of carbonyl (C=O) groups is 1. The number of aromatic hydroxyl groups is 1. The molecule has 0 saturated carbocycles. The Hall–Kier alpha value is -2.64. The maximum atomic E-state index is 12.7. The monoisotopic (exact) mass is 318 g/mol. The first kappa shape index (κ1) is 15.3. The fourth-order valence-corrected chi connectivity index (χ4v) is 2.75. The van der Waals surface area contributed by atoms with Gasteiger partial charge in [0.2, 0.25) is 5.43 Å². The predicted molar refractivity (Wildman–Crippen MR) is 79.9 cm³/mol. The van der Waals surface area contributed by atoms with Crippen molar-refractivity contribution in [2.75, 3.05) is 7.11 Å². The van der Waals surface area contributed by atoms with Crippen LogP contribution in [0.4, 0.5) is 0 Å². The van der Waals surface area contributed by atoms with Gasteiger partial charge in [0, 0.05) is 0 Å². The fraction of sp³-hybridized carbons (Fsp3) is 0.250. The van der Waals surface area contributed by atoms with Gasteiger partial charge in [0.05, 0.1) is 25.4 Å². The number of carbonyl (C=O) groups excluding carboxylic acids is 1. The van der Waals surface area contributed by atoms with E-state index in [2.05, 4.69) is 4.74 Å². The molecule has 2 aromatic rings. The van der Waals surface area contributed by atoms with Gasteiger partial charge >= 0.3 is 5.97 Å². The number of fused-ring (bicyclic) bond motifs is 2. The van der Waals surface area contributed by atoms with Gasteiger partial charge in [0.25, 0.3) is 0 Å². The fourth-order valence-electron chi connectivity index (χ4n) is 2.75. The van der Waals surface area contributed by atoms with E-state index in [0.29, 0.717) is 5.56 Å². The second kappa shape index (κ2) is 5.53. The van der Waals surface area contributed by atoms with Crippen molar-refractivity contribution in [3.63, 3.8) is 0 Å². The van der Waals surface area contributed by atoms with Gasteiger partial charge < -0.3 is 24.5 Å². The molecule has 0 aliphatic heterocycles. The molecule has 0 fully saturated rings. The van der Waals surface area contributed by atoms with Crippen LogP contribution in [0.5, 0.6) is 5.75 Å². The smallest absolute Gasteiger partial charge is 0.316 e. The van der Waals surface area contributed by atoms with E-state index in [1.54, 1.807) is 0 Å². The molecule has 0 amide bonds. The highest BCUT2D eigenvalue weighted by Crippen LogP contribution is 2.33. The zero-order valence-electron chi connectivity index (χ0n) is 12.1. The number of phenolic OH excluding ortho intramolecular Hbond substituents is 1. The molecule has 0 saturated heterocycles. The SMILES string of the molecule is COC(=O)C1c2c(oc3cc(CO)cc(O)c3c2=O)C=CC1O. The summed E-state index contributed by atoms with van der Waals surface area (Å²) in [6, 6.07) is 2.68. The van der Waals surface area contributed by atoms with Crippen molar-refractivity contribution in [3.05, 3.63) is 45.3 Å². The molecular formula is C16H14O7. The lowest BCUT2D eigenvalue weighted by Crippen LogP contribution is -2.33. The molecule has 2 unspecified atom stereocenters. The minimum Gasteiger partial charge on any atom is -0.507 e. The van der Waals surface area contributed by atoms with Crippen LogP contribution in [0.15, 0.2) is 27.4 Å². The zero-order chi connectivity index (χ0) is 16.7. The van der Waals surface area contributed by atoms with Crippen LogP contribution >= 0.6 is 0 Å². The molecule has 23 heavy (non-hydrogen) atoms. The third-order valence-electron chi connectivity index (χ3n) is 3.83. The van der Waals surface area contributed by atoms with Crippen LogP contribution in [0.2, 0.25) is 0 Å². The molecule has 2 atom stereocenters. The van der Waals surface area contributed by atoms with Gasteiger partial charge in [-0.2, -0.15) is 0 Å². The maximum absolute atomic E-state index is 12.7. The second-order valence-electron chi connectivity index (χ2n) is 5.21. The van der Waals surface area contributed by atoms with Crippen LogP contribution in [0.1, 0.15) is 22.8 Å². The lowest BCUT2D eigenvalue weighted by Gasteiger charge is -2.23. The molecule has 1 aromatic heterocycles. The Morgan fingerprint density at radius 1 is 1.39 bits per heavy atom. The molecule has 0 radical (unpaired) electrons. The van der Waals surface area contributed by atoms with E-state index in [1.165, 1.54) is 24.3 Å². The Balaban J connectivity index is 2.37. The summed E-state index contributed by atoms with van der Waals surface area (Å²) in [6.45, 7) is -0.330. The molecule has 3 N–H and O–H groups in total. The molecule has 1 heterocycles. The minimum atomic E-state index is -1.23. The van der Waals surface area contributed by atoms with Crippen molar-refractivity contribution in [1.82, 2.24) is 0 Å². The van der Waals surface area contributed by atoms with Crippen molar-refractivity contribution in [2.24, 2.45) is 0 Å². The first-order valence-electron chi connectivity index (χ1n) is 6.85.